The first-order valence-electron chi connectivity index (χ1n) is 7.85. The van der Waals surface area contributed by atoms with Crippen molar-refractivity contribution < 1.29 is 14.4 Å². The maximum absolute atomic E-state index is 12.2. The first kappa shape index (κ1) is 17.1. The minimum atomic E-state index is -0.224. The van der Waals surface area contributed by atoms with Gasteiger partial charge in [-0.3, -0.25) is 19.3 Å². The normalized spacial score (nSPS) is 15.3. The molecular weight excluding hydrogens is 294 g/mol. The Labute approximate surface area is 136 Å². The van der Waals surface area contributed by atoms with Crippen LogP contribution in [0.5, 0.6) is 0 Å². The first-order valence-corrected chi connectivity index (χ1v) is 7.85. The Balaban J connectivity index is 1.80. The van der Waals surface area contributed by atoms with Crippen molar-refractivity contribution in [3.05, 3.63) is 35.4 Å². The van der Waals surface area contributed by atoms with Crippen LogP contribution in [0.2, 0.25) is 0 Å². The highest BCUT2D eigenvalue weighted by molar-refractivity contribution is 6.07. The molecule has 1 heterocycles. The van der Waals surface area contributed by atoms with Crippen LogP contribution in [0.3, 0.4) is 0 Å². The van der Waals surface area contributed by atoms with Gasteiger partial charge < -0.3 is 10.2 Å². The Morgan fingerprint density at radius 1 is 1.00 bits per heavy atom. The van der Waals surface area contributed by atoms with Crippen LogP contribution in [0.4, 0.5) is 0 Å². The van der Waals surface area contributed by atoms with Gasteiger partial charge in [0.05, 0.1) is 5.56 Å². The molecule has 0 saturated carbocycles. The molecule has 1 N–H and O–H groups in total. The van der Waals surface area contributed by atoms with E-state index in [1.165, 1.54) is 6.92 Å². The lowest BCUT2D eigenvalue weighted by Crippen LogP contribution is -2.49. The predicted molar refractivity (Wildman–Crippen MR) is 87.5 cm³/mol. The molecular formula is C17H23N3O3. The second kappa shape index (κ2) is 7.87. The van der Waals surface area contributed by atoms with Crippen LogP contribution in [0, 0.1) is 0 Å². The highest BCUT2D eigenvalue weighted by atomic mass is 16.2. The van der Waals surface area contributed by atoms with Crippen molar-refractivity contribution in [2.75, 3.05) is 39.3 Å². The smallest absolute Gasteiger partial charge is 0.252 e. The summed E-state index contributed by atoms with van der Waals surface area (Å²) >= 11 is 0. The summed E-state index contributed by atoms with van der Waals surface area (Å²) < 4.78 is 0. The number of nitrogens with zero attached hydrogens (tertiary/aromatic N) is 2. The Morgan fingerprint density at radius 3 is 2.17 bits per heavy atom. The van der Waals surface area contributed by atoms with Gasteiger partial charge in [0.1, 0.15) is 0 Å². The van der Waals surface area contributed by atoms with Crippen LogP contribution in [0.15, 0.2) is 24.3 Å². The molecule has 0 unspecified atom stereocenters. The van der Waals surface area contributed by atoms with Crippen LogP contribution in [-0.2, 0) is 4.79 Å². The van der Waals surface area contributed by atoms with Crippen molar-refractivity contribution in [1.29, 1.82) is 0 Å². The molecule has 0 spiro atoms. The molecule has 2 amide bonds. The van der Waals surface area contributed by atoms with Crippen LogP contribution in [-0.4, -0.2) is 66.7 Å². The standard InChI is InChI=1S/C17H23N3O3/c1-13(21)15-5-3-4-6-16(15)17(23)18-7-8-19-9-11-20(12-10-19)14(2)22/h3-6H,7-12H2,1-2H3,(H,18,23). The summed E-state index contributed by atoms with van der Waals surface area (Å²) in [5.74, 6) is -0.229. The number of piperazine rings is 1. The monoisotopic (exact) mass is 317 g/mol. The summed E-state index contributed by atoms with van der Waals surface area (Å²) in [7, 11) is 0. The average molecular weight is 317 g/mol. The van der Waals surface area contributed by atoms with Gasteiger partial charge >= 0.3 is 0 Å². The molecule has 23 heavy (non-hydrogen) atoms. The van der Waals surface area contributed by atoms with Gasteiger partial charge in [-0.1, -0.05) is 18.2 Å². The summed E-state index contributed by atoms with van der Waals surface area (Å²) in [6.45, 7) is 7.40. The summed E-state index contributed by atoms with van der Waals surface area (Å²) in [6, 6.07) is 6.83. The van der Waals surface area contributed by atoms with Crippen LogP contribution in [0.1, 0.15) is 34.6 Å². The number of Topliss-reactive ketones (excluding diaryl/α,β-unsaturated/α-hetero) is 1. The Morgan fingerprint density at radius 2 is 1.61 bits per heavy atom. The molecule has 1 saturated heterocycles. The van der Waals surface area contributed by atoms with Crippen molar-refractivity contribution >= 4 is 17.6 Å². The van der Waals surface area contributed by atoms with E-state index in [4.69, 9.17) is 0 Å². The minimum absolute atomic E-state index is 0.110. The van der Waals surface area contributed by atoms with E-state index < -0.39 is 0 Å². The Bertz CT molecular complexity index is 593. The van der Waals surface area contributed by atoms with Crippen LogP contribution < -0.4 is 5.32 Å². The highest BCUT2D eigenvalue weighted by Crippen LogP contribution is 2.09. The van der Waals surface area contributed by atoms with Gasteiger partial charge in [-0.25, -0.2) is 0 Å². The maximum atomic E-state index is 12.2. The zero-order valence-electron chi connectivity index (χ0n) is 13.7. The third-order valence-corrected chi connectivity index (χ3v) is 4.08. The van der Waals surface area contributed by atoms with Gasteiger partial charge in [-0.05, 0) is 13.0 Å². The number of carbonyl (C=O) groups excluding carboxylic acids is 3. The summed E-state index contributed by atoms with van der Waals surface area (Å²) in [5.41, 5.74) is 0.862. The molecule has 2 rings (SSSR count). The molecule has 6 nitrogen and oxygen atoms in total. The molecule has 1 aliphatic rings. The van der Waals surface area contributed by atoms with Crippen molar-refractivity contribution in [3.63, 3.8) is 0 Å². The average Bonchev–Trinajstić information content (AvgIpc) is 2.55. The van der Waals surface area contributed by atoms with Gasteiger partial charge in [0, 0.05) is 51.8 Å². The third-order valence-electron chi connectivity index (χ3n) is 4.08. The number of hydrogen-bond donors (Lipinski definition) is 1. The molecule has 0 aromatic heterocycles. The highest BCUT2D eigenvalue weighted by Gasteiger charge is 2.18. The van der Waals surface area contributed by atoms with Gasteiger partial charge in [-0.15, -0.1) is 0 Å². The quantitative estimate of drug-likeness (QED) is 0.815. The van der Waals surface area contributed by atoms with E-state index in [0.717, 1.165) is 32.7 Å². The van der Waals surface area contributed by atoms with E-state index in [0.29, 0.717) is 17.7 Å². The molecule has 1 aromatic rings. The molecule has 0 aliphatic carbocycles. The van der Waals surface area contributed by atoms with Gasteiger partial charge in [-0.2, -0.15) is 0 Å². The zero-order chi connectivity index (χ0) is 16.8. The summed E-state index contributed by atoms with van der Waals surface area (Å²) in [6.07, 6.45) is 0. The topological polar surface area (TPSA) is 69.7 Å². The fraction of sp³-hybridized carbons (Fsp3) is 0.471. The number of rotatable bonds is 5. The van der Waals surface area contributed by atoms with E-state index in [-0.39, 0.29) is 17.6 Å². The largest absolute Gasteiger partial charge is 0.351 e. The van der Waals surface area contributed by atoms with Crippen LogP contribution >= 0.6 is 0 Å². The second-order valence-corrected chi connectivity index (χ2v) is 5.71. The Kier molecular flexibility index (Phi) is 5.87. The lowest BCUT2D eigenvalue weighted by molar-refractivity contribution is -0.130. The Hall–Kier alpha value is -2.21. The number of nitrogens with one attached hydrogen (secondary N) is 1. The second-order valence-electron chi connectivity index (χ2n) is 5.71. The van der Waals surface area contributed by atoms with Gasteiger partial charge in [0.15, 0.2) is 5.78 Å². The number of ketones is 1. The maximum Gasteiger partial charge on any atom is 0.252 e. The van der Waals surface area contributed by atoms with E-state index in [1.807, 2.05) is 4.90 Å². The van der Waals surface area contributed by atoms with Crippen molar-refractivity contribution in [2.24, 2.45) is 0 Å². The van der Waals surface area contributed by atoms with Gasteiger partial charge in [0.2, 0.25) is 5.91 Å². The van der Waals surface area contributed by atoms with E-state index in [1.54, 1.807) is 31.2 Å². The van der Waals surface area contributed by atoms with Gasteiger partial charge in [0.25, 0.3) is 5.91 Å². The first-order chi connectivity index (χ1) is 11.0. The van der Waals surface area contributed by atoms with Crippen molar-refractivity contribution in [2.45, 2.75) is 13.8 Å². The molecule has 1 aliphatic heterocycles. The lowest BCUT2D eigenvalue weighted by Gasteiger charge is -2.34. The van der Waals surface area contributed by atoms with Crippen LogP contribution in [0.25, 0.3) is 0 Å². The molecule has 0 bridgehead atoms. The molecule has 0 radical (unpaired) electrons. The van der Waals surface area contributed by atoms with E-state index in [9.17, 15) is 14.4 Å². The molecule has 124 valence electrons. The number of carbonyl (C=O) groups is 3. The fourth-order valence-electron chi connectivity index (χ4n) is 2.70. The molecule has 1 fully saturated rings. The third kappa shape index (κ3) is 4.63. The van der Waals surface area contributed by atoms with Crippen molar-refractivity contribution in [3.8, 4) is 0 Å². The fourth-order valence-corrected chi connectivity index (χ4v) is 2.70. The zero-order valence-corrected chi connectivity index (χ0v) is 13.7. The summed E-state index contributed by atoms with van der Waals surface area (Å²) in [5, 5.41) is 2.86. The minimum Gasteiger partial charge on any atom is -0.351 e. The van der Waals surface area contributed by atoms with E-state index in [2.05, 4.69) is 10.2 Å². The lowest BCUT2D eigenvalue weighted by atomic mass is 10.0. The van der Waals surface area contributed by atoms with Crippen molar-refractivity contribution in [1.82, 2.24) is 15.1 Å². The number of hydrogen-bond acceptors (Lipinski definition) is 4. The predicted octanol–water partition coefficient (Wildman–Crippen LogP) is 0.783. The summed E-state index contributed by atoms with van der Waals surface area (Å²) in [4.78, 5) is 39.1. The van der Waals surface area contributed by atoms with E-state index >= 15 is 0 Å². The number of benzene rings is 1. The molecule has 0 atom stereocenters. The molecule has 1 aromatic carbocycles. The molecule has 6 heteroatoms. The SMILES string of the molecule is CC(=O)c1ccccc1C(=O)NCCN1CCN(C(C)=O)CC1. The number of amides is 2.